The van der Waals surface area contributed by atoms with Gasteiger partial charge in [-0.3, -0.25) is 15.0 Å². The van der Waals surface area contributed by atoms with Crippen molar-refractivity contribution in [2.45, 2.75) is 25.3 Å². The summed E-state index contributed by atoms with van der Waals surface area (Å²) in [4.78, 5) is 48.8. The number of aryl methyl sites for hydroxylation is 1. The third-order valence-corrected chi connectivity index (χ3v) is 4.63. The van der Waals surface area contributed by atoms with Crippen molar-refractivity contribution in [3.05, 3.63) is 71.2 Å². The predicted molar refractivity (Wildman–Crippen MR) is 102 cm³/mol. The van der Waals surface area contributed by atoms with Gasteiger partial charge < -0.3 is 15.3 Å². The molecule has 1 aromatic carbocycles. The second-order valence-corrected chi connectivity index (χ2v) is 6.95. The first-order chi connectivity index (χ1) is 14.3. The first-order valence-electron chi connectivity index (χ1n) is 9.14. The van der Waals surface area contributed by atoms with Crippen molar-refractivity contribution in [2.24, 2.45) is 0 Å². The average molecular weight is 412 g/mol. The van der Waals surface area contributed by atoms with E-state index in [-0.39, 0.29) is 5.56 Å². The molecule has 3 rings (SSSR count). The first-order valence-corrected chi connectivity index (χ1v) is 9.14. The van der Waals surface area contributed by atoms with E-state index in [1.165, 1.54) is 12.1 Å². The summed E-state index contributed by atoms with van der Waals surface area (Å²) < 4.78 is 5.33. The number of urea groups is 1. The van der Waals surface area contributed by atoms with E-state index in [0.717, 1.165) is 18.0 Å². The van der Waals surface area contributed by atoms with Crippen LogP contribution in [0.15, 0.2) is 54.9 Å². The Morgan fingerprint density at radius 2 is 1.83 bits per heavy atom. The molecule has 156 valence electrons. The number of hydrazine groups is 1. The van der Waals surface area contributed by atoms with Crippen LogP contribution < -0.4 is 15.5 Å². The summed E-state index contributed by atoms with van der Waals surface area (Å²) in [7, 11) is 0. The highest BCUT2D eigenvalue weighted by Gasteiger charge is 2.48. The summed E-state index contributed by atoms with van der Waals surface area (Å²) in [6.07, 6.45) is 3.13. The first kappa shape index (κ1) is 20.8. The number of carbonyl (C=O) groups excluding carboxylic acids is 4. The molecule has 1 aliphatic rings. The van der Waals surface area contributed by atoms with Gasteiger partial charge in [-0.1, -0.05) is 30.3 Å². The normalized spacial score (nSPS) is 18.1. The Balaban J connectivity index is 1.53. The fraction of sp³-hybridized carbons (Fsp3) is 0.250. The summed E-state index contributed by atoms with van der Waals surface area (Å²) in [5, 5.41) is 14.1. The number of benzene rings is 1. The Hall–Kier alpha value is -3.95. The largest absolute Gasteiger partial charge is 0.619 e. The van der Waals surface area contributed by atoms with Crippen molar-refractivity contribution in [1.29, 1.82) is 0 Å². The quantitative estimate of drug-likeness (QED) is 0.294. The fourth-order valence-corrected chi connectivity index (χ4v) is 2.91. The smallest absolute Gasteiger partial charge is 0.344 e. The Bertz CT molecular complexity index is 963. The minimum Gasteiger partial charge on any atom is -0.619 e. The number of imide groups is 1. The highest BCUT2D eigenvalue weighted by atomic mass is 16.5. The highest BCUT2D eigenvalue weighted by Crippen LogP contribution is 2.22. The fourth-order valence-electron chi connectivity index (χ4n) is 2.91. The lowest BCUT2D eigenvalue weighted by Gasteiger charge is -2.21. The predicted octanol–water partition coefficient (Wildman–Crippen LogP) is 0.451. The van der Waals surface area contributed by atoms with Crippen LogP contribution in [-0.2, 0) is 20.7 Å². The summed E-state index contributed by atoms with van der Waals surface area (Å²) in [6, 6.07) is 11.2. The topological polar surface area (TPSA) is 132 Å². The zero-order valence-corrected chi connectivity index (χ0v) is 16.2. The maximum absolute atomic E-state index is 12.7. The molecule has 1 atom stereocenters. The number of esters is 1. The van der Waals surface area contributed by atoms with E-state index in [2.05, 4.69) is 10.7 Å². The van der Waals surface area contributed by atoms with Gasteiger partial charge in [0.15, 0.2) is 19.0 Å². The number of amides is 4. The van der Waals surface area contributed by atoms with Gasteiger partial charge in [-0.15, -0.1) is 0 Å². The molecule has 0 aliphatic carbocycles. The lowest BCUT2D eigenvalue weighted by molar-refractivity contribution is -0.605. The van der Waals surface area contributed by atoms with Crippen LogP contribution >= 0.6 is 0 Å². The molecule has 0 saturated carbocycles. The molecule has 10 nitrogen and oxygen atoms in total. The van der Waals surface area contributed by atoms with Crippen LogP contribution in [0.4, 0.5) is 4.79 Å². The van der Waals surface area contributed by atoms with Gasteiger partial charge in [0.05, 0.1) is 5.56 Å². The maximum atomic E-state index is 12.7. The van der Waals surface area contributed by atoms with E-state index in [4.69, 9.17) is 4.74 Å². The Kier molecular flexibility index (Phi) is 5.95. The number of nitrogens with one attached hydrogen (secondary N) is 2. The molecule has 2 heterocycles. The molecule has 0 bridgehead atoms. The summed E-state index contributed by atoms with van der Waals surface area (Å²) in [6.45, 7) is 0.878. The lowest BCUT2D eigenvalue weighted by Crippen LogP contribution is -2.50. The minimum atomic E-state index is -1.17. The molecular weight excluding hydrogens is 392 g/mol. The number of nitrogens with zero attached hydrogens (tertiary/aromatic N) is 2. The molecule has 1 aromatic heterocycles. The molecule has 2 aromatic rings. The van der Waals surface area contributed by atoms with Crippen LogP contribution in [0.25, 0.3) is 0 Å². The molecule has 4 amide bonds. The van der Waals surface area contributed by atoms with Crippen molar-refractivity contribution in [2.75, 3.05) is 6.61 Å². The maximum Gasteiger partial charge on any atom is 0.344 e. The summed E-state index contributed by atoms with van der Waals surface area (Å²) in [5.41, 5.74) is 2.07. The van der Waals surface area contributed by atoms with E-state index < -0.39 is 36.0 Å². The second-order valence-electron chi connectivity index (χ2n) is 6.95. The van der Waals surface area contributed by atoms with E-state index in [0.29, 0.717) is 22.6 Å². The number of ether oxygens (including phenoxy) is 1. The molecule has 30 heavy (non-hydrogen) atoms. The van der Waals surface area contributed by atoms with E-state index >= 15 is 0 Å². The van der Waals surface area contributed by atoms with Crippen LogP contribution in [0.1, 0.15) is 29.3 Å². The van der Waals surface area contributed by atoms with Crippen LogP contribution in [0, 0.1) is 5.21 Å². The SMILES string of the molecule is C[C@]1(CCc2ccccc2)NC(=O)N(NC(=O)COC(=O)c2cc[n+]([O-])cc2)C1=O. The van der Waals surface area contributed by atoms with Gasteiger partial charge >= 0.3 is 12.0 Å². The van der Waals surface area contributed by atoms with Crippen LogP contribution in [0.5, 0.6) is 0 Å². The molecule has 0 radical (unpaired) electrons. The van der Waals surface area contributed by atoms with Crippen molar-refractivity contribution in [3.8, 4) is 0 Å². The number of pyridine rings is 1. The second kappa shape index (κ2) is 8.60. The van der Waals surface area contributed by atoms with Crippen molar-refractivity contribution in [3.63, 3.8) is 0 Å². The van der Waals surface area contributed by atoms with Crippen LogP contribution in [-0.4, -0.2) is 41.0 Å². The summed E-state index contributed by atoms with van der Waals surface area (Å²) >= 11 is 0. The monoisotopic (exact) mass is 412 g/mol. The number of hydrogen-bond acceptors (Lipinski definition) is 6. The molecular formula is C20H20N4O6. The Labute approximate surface area is 172 Å². The third-order valence-electron chi connectivity index (χ3n) is 4.63. The number of hydrogen-bond donors (Lipinski definition) is 2. The summed E-state index contributed by atoms with van der Waals surface area (Å²) in [5.74, 6) is -2.28. The van der Waals surface area contributed by atoms with Gasteiger partial charge in [0.2, 0.25) is 0 Å². The van der Waals surface area contributed by atoms with Gasteiger partial charge in [-0.05, 0) is 25.3 Å². The molecule has 1 aliphatic heterocycles. The van der Waals surface area contributed by atoms with Crippen molar-refractivity contribution >= 4 is 23.8 Å². The number of aromatic nitrogens is 1. The molecule has 1 fully saturated rings. The lowest BCUT2D eigenvalue weighted by atomic mass is 9.93. The van der Waals surface area contributed by atoms with Crippen LogP contribution in [0.3, 0.4) is 0 Å². The number of carbonyl (C=O) groups is 4. The minimum absolute atomic E-state index is 0.0818. The Morgan fingerprint density at radius 3 is 2.50 bits per heavy atom. The molecule has 0 spiro atoms. The van der Waals surface area contributed by atoms with Gasteiger partial charge in [-0.25, -0.2) is 9.59 Å². The molecule has 0 unspecified atom stereocenters. The molecule has 10 heteroatoms. The van der Waals surface area contributed by atoms with Gasteiger partial charge in [0.25, 0.3) is 11.8 Å². The van der Waals surface area contributed by atoms with Gasteiger partial charge in [0, 0.05) is 12.1 Å². The van der Waals surface area contributed by atoms with E-state index in [1.807, 2.05) is 30.3 Å². The van der Waals surface area contributed by atoms with Crippen molar-refractivity contribution < 1.29 is 28.6 Å². The third kappa shape index (κ3) is 4.72. The van der Waals surface area contributed by atoms with Gasteiger partial charge in [0.1, 0.15) is 5.54 Å². The van der Waals surface area contributed by atoms with E-state index in [9.17, 15) is 24.4 Å². The Morgan fingerprint density at radius 1 is 1.17 bits per heavy atom. The van der Waals surface area contributed by atoms with Gasteiger partial charge in [-0.2, -0.15) is 9.74 Å². The van der Waals surface area contributed by atoms with Crippen LogP contribution in [0.2, 0.25) is 0 Å². The molecule has 1 saturated heterocycles. The molecule has 2 N–H and O–H groups in total. The van der Waals surface area contributed by atoms with Crippen molar-refractivity contribution in [1.82, 2.24) is 15.8 Å². The highest BCUT2D eigenvalue weighted by molar-refractivity contribution is 6.07. The zero-order chi connectivity index (χ0) is 21.7. The van der Waals surface area contributed by atoms with E-state index in [1.54, 1.807) is 6.92 Å². The zero-order valence-electron chi connectivity index (χ0n) is 16.2. The number of rotatable bonds is 7. The average Bonchev–Trinajstić information content (AvgIpc) is 2.95. The standard InChI is InChI=1S/C20H20N4O6/c1-20(10-7-14-5-3-2-4-6-14)18(27)24(19(28)21-20)22-16(25)13-30-17(26)15-8-11-23(29)12-9-15/h2-6,8-9,11-12H,7,10,13H2,1H3,(H,21,28)(H,22,25)/t20-/m1/s1.